The minimum atomic E-state index is -0.288. The Kier molecular flexibility index (Phi) is 3.96. The van der Waals surface area contributed by atoms with Crippen LogP contribution in [-0.2, 0) is 11.8 Å². The first-order chi connectivity index (χ1) is 17.0. The lowest BCUT2D eigenvalue weighted by molar-refractivity contribution is -0.102. The Morgan fingerprint density at radius 2 is 2.06 bits per heavy atom. The summed E-state index contributed by atoms with van der Waals surface area (Å²) in [5.41, 5.74) is 3.12. The number of amides is 1. The molecule has 4 bridgehead atoms. The molecule has 0 radical (unpaired) electrons. The van der Waals surface area contributed by atoms with E-state index in [1.807, 2.05) is 6.07 Å². The normalized spacial score (nSPS) is 38.8. The van der Waals surface area contributed by atoms with E-state index in [4.69, 9.17) is 0 Å². The van der Waals surface area contributed by atoms with Gasteiger partial charge in [0.05, 0.1) is 0 Å². The van der Waals surface area contributed by atoms with Crippen LogP contribution in [0.1, 0.15) is 60.1 Å². The van der Waals surface area contributed by atoms with Crippen LogP contribution in [0.25, 0.3) is 0 Å². The summed E-state index contributed by atoms with van der Waals surface area (Å²) in [6, 6.07) is 9.84. The molecule has 2 aromatic rings. The number of nitrogens with zero attached hydrogens (tertiary/aromatic N) is 3. The molecule has 6 atom stereocenters. The van der Waals surface area contributed by atoms with E-state index >= 15 is 0 Å². The maximum Gasteiger partial charge on any atom is 0.274 e. The van der Waals surface area contributed by atoms with E-state index < -0.39 is 0 Å². The van der Waals surface area contributed by atoms with Gasteiger partial charge in [-0.25, -0.2) is 5.10 Å². The Hall–Kier alpha value is -2.67. The van der Waals surface area contributed by atoms with E-state index in [2.05, 4.69) is 32.1 Å². The average molecular weight is 473 g/mol. The van der Waals surface area contributed by atoms with Crippen LogP contribution in [0.4, 0.5) is 0 Å². The first-order valence-electron chi connectivity index (χ1n) is 13.4. The topological polar surface area (TPSA) is 89.5 Å². The van der Waals surface area contributed by atoms with Gasteiger partial charge in [0, 0.05) is 36.7 Å². The van der Waals surface area contributed by atoms with Gasteiger partial charge in [0.1, 0.15) is 11.4 Å². The summed E-state index contributed by atoms with van der Waals surface area (Å²) >= 11 is 0. The molecular weight excluding hydrogens is 440 g/mol. The molecule has 182 valence electrons. The third-order valence-electron chi connectivity index (χ3n) is 10.9. The molecule has 4 aliphatic carbocycles. The molecule has 0 unspecified atom stereocenters. The van der Waals surface area contributed by atoms with Crippen LogP contribution in [0.3, 0.4) is 0 Å². The monoisotopic (exact) mass is 472 g/mol. The Morgan fingerprint density at radius 1 is 1.17 bits per heavy atom. The molecule has 1 aromatic heterocycles. The smallest absolute Gasteiger partial charge is 0.274 e. The number of H-pyrrole nitrogens is 1. The van der Waals surface area contributed by atoms with Crippen LogP contribution in [0.15, 0.2) is 35.1 Å². The van der Waals surface area contributed by atoms with Crippen LogP contribution >= 0.6 is 0 Å². The molecule has 7 nitrogen and oxygen atoms in total. The van der Waals surface area contributed by atoms with Crippen LogP contribution in [0.5, 0.6) is 5.75 Å². The first-order valence-corrected chi connectivity index (χ1v) is 13.4. The highest BCUT2D eigenvalue weighted by Gasteiger charge is 2.76. The van der Waals surface area contributed by atoms with E-state index in [0.29, 0.717) is 29.3 Å². The molecule has 2 aliphatic heterocycles. The van der Waals surface area contributed by atoms with Gasteiger partial charge in [0.25, 0.3) is 11.5 Å². The Bertz CT molecular complexity index is 1280. The number of benzene rings is 1. The predicted octanol–water partition coefficient (Wildman–Crippen LogP) is 2.69. The van der Waals surface area contributed by atoms with Gasteiger partial charge in [-0.3, -0.25) is 14.5 Å². The van der Waals surface area contributed by atoms with Crippen molar-refractivity contribution in [3.63, 3.8) is 0 Å². The number of nitrogens with one attached hydrogen (secondary N) is 1. The summed E-state index contributed by atoms with van der Waals surface area (Å²) in [6.45, 7) is 3.16. The maximum absolute atomic E-state index is 13.6. The number of carbonyl (C=O) groups is 1. The number of hydrogen-bond acceptors (Lipinski definition) is 5. The molecule has 7 heteroatoms. The van der Waals surface area contributed by atoms with E-state index in [1.165, 1.54) is 43.0 Å². The molecule has 2 saturated heterocycles. The third-order valence-corrected chi connectivity index (χ3v) is 10.9. The Labute approximate surface area is 204 Å². The summed E-state index contributed by atoms with van der Waals surface area (Å²) < 4.78 is 0. The van der Waals surface area contributed by atoms with Crippen molar-refractivity contribution >= 4 is 5.91 Å². The van der Waals surface area contributed by atoms with Crippen LogP contribution < -0.4 is 5.56 Å². The van der Waals surface area contributed by atoms with Crippen molar-refractivity contribution in [2.24, 2.45) is 23.2 Å². The standard InChI is InChI=1S/C28H32N4O3/c33-19-4-3-17-11-23-27-8-7-22-25(28(27,20(17)12-19)9-10-31(23)14-16-1-2-16)18(13-27)15-32(22)26(35)21-5-6-24(34)30-29-21/h3-6,12,16,18,22-23,25,33H,1-2,7-11,13-15H2,(H,30,34)/t18-,22-,23-,25-,27-,28+/m1/s1. The quantitative estimate of drug-likeness (QED) is 0.717. The fourth-order valence-corrected chi connectivity index (χ4v) is 9.79. The highest BCUT2D eigenvalue weighted by Crippen LogP contribution is 2.75. The second-order valence-electron chi connectivity index (χ2n) is 12.2. The number of aromatic nitrogens is 2. The molecule has 8 rings (SSSR count). The van der Waals surface area contributed by atoms with Crippen molar-refractivity contribution in [2.75, 3.05) is 19.6 Å². The van der Waals surface area contributed by atoms with Crippen molar-refractivity contribution in [1.29, 1.82) is 0 Å². The number of fused-ring (bicyclic) bond motifs is 1. The lowest BCUT2D eigenvalue weighted by atomic mass is 9.43. The summed E-state index contributed by atoms with van der Waals surface area (Å²) in [7, 11) is 0. The number of rotatable bonds is 3. The lowest BCUT2D eigenvalue weighted by Gasteiger charge is -2.66. The fraction of sp³-hybridized carbons (Fsp3) is 0.607. The summed E-state index contributed by atoms with van der Waals surface area (Å²) in [4.78, 5) is 30.0. The molecular formula is C28H32N4O3. The van der Waals surface area contributed by atoms with Crippen molar-refractivity contribution in [2.45, 2.75) is 62.4 Å². The minimum Gasteiger partial charge on any atom is -0.508 e. The van der Waals surface area contributed by atoms with Crippen LogP contribution in [0, 0.1) is 23.2 Å². The number of likely N-dealkylation sites (tertiary alicyclic amines) is 2. The second kappa shape index (κ2) is 6.75. The molecule has 6 aliphatic rings. The van der Waals surface area contributed by atoms with Crippen molar-refractivity contribution in [3.05, 3.63) is 57.5 Å². The molecule has 35 heavy (non-hydrogen) atoms. The zero-order chi connectivity index (χ0) is 23.5. The van der Waals surface area contributed by atoms with E-state index in [-0.39, 0.29) is 28.3 Å². The molecule has 3 saturated carbocycles. The van der Waals surface area contributed by atoms with Gasteiger partial charge in [-0.1, -0.05) is 6.07 Å². The zero-order valence-electron chi connectivity index (χ0n) is 19.9. The lowest BCUT2D eigenvalue weighted by Crippen LogP contribution is -2.69. The second-order valence-corrected chi connectivity index (χ2v) is 12.2. The Balaban J connectivity index is 1.24. The molecule has 3 heterocycles. The highest BCUT2D eigenvalue weighted by atomic mass is 16.3. The number of aromatic hydroxyl groups is 1. The van der Waals surface area contributed by atoms with E-state index in [1.54, 1.807) is 6.07 Å². The van der Waals surface area contributed by atoms with E-state index in [0.717, 1.165) is 44.7 Å². The fourth-order valence-electron chi connectivity index (χ4n) is 9.79. The SMILES string of the molecule is O=C(c1ccc(=O)[nH]n1)N1C[C@H]2C[C@@]34CC[C@@H]1[C@@H]2[C@@]31CCN(CC2CC2)[C@@H]4Cc2ccc(O)cc21. The van der Waals surface area contributed by atoms with E-state index in [9.17, 15) is 14.7 Å². The van der Waals surface area contributed by atoms with Gasteiger partial charge in [0.2, 0.25) is 0 Å². The minimum absolute atomic E-state index is 0.0328. The van der Waals surface area contributed by atoms with Gasteiger partial charge in [0.15, 0.2) is 0 Å². The number of phenolic OH excluding ortho intramolecular Hbond substituents is 1. The maximum atomic E-state index is 13.6. The molecule has 1 amide bonds. The Morgan fingerprint density at radius 3 is 2.86 bits per heavy atom. The predicted molar refractivity (Wildman–Crippen MR) is 129 cm³/mol. The zero-order valence-corrected chi connectivity index (χ0v) is 19.9. The molecule has 2 N–H and O–H groups in total. The highest BCUT2D eigenvalue weighted by molar-refractivity contribution is 5.92. The van der Waals surface area contributed by atoms with Gasteiger partial charge >= 0.3 is 0 Å². The van der Waals surface area contributed by atoms with Crippen LogP contribution in [-0.4, -0.2) is 62.7 Å². The van der Waals surface area contributed by atoms with Crippen molar-refractivity contribution in [1.82, 2.24) is 20.0 Å². The van der Waals surface area contributed by atoms with Crippen molar-refractivity contribution < 1.29 is 9.90 Å². The summed E-state index contributed by atoms with van der Waals surface area (Å²) in [6.07, 6.45) is 8.36. The van der Waals surface area contributed by atoms with Crippen LogP contribution in [0.2, 0.25) is 0 Å². The molecule has 1 aromatic carbocycles. The van der Waals surface area contributed by atoms with Crippen molar-refractivity contribution in [3.8, 4) is 5.75 Å². The first kappa shape index (κ1) is 20.5. The molecule has 5 fully saturated rings. The van der Waals surface area contributed by atoms with Gasteiger partial charge in [-0.05, 0) is 104 Å². The number of hydrogen-bond donors (Lipinski definition) is 2. The molecule has 0 spiro atoms. The average Bonchev–Trinajstić information content (AvgIpc) is 3.54. The van der Waals surface area contributed by atoms with Gasteiger partial charge in [-0.15, -0.1) is 0 Å². The number of aromatic amines is 1. The number of piperidine rings is 1. The van der Waals surface area contributed by atoms with Gasteiger partial charge in [-0.2, -0.15) is 5.10 Å². The summed E-state index contributed by atoms with van der Waals surface area (Å²) in [5.74, 6) is 2.10. The van der Waals surface area contributed by atoms with Gasteiger partial charge < -0.3 is 10.0 Å². The number of carbonyl (C=O) groups excluding carboxylic acids is 1. The largest absolute Gasteiger partial charge is 0.508 e. The summed E-state index contributed by atoms with van der Waals surface area (Å²) in [5, 5.41) is 17.1. The third kappa shape index (κ3) is 2.52. The number of phenols is 1.